The third-order valence-corrected chi connectivity index (χ3v) is 4.52. The van der Waals surface area contributed by atoms with Crippen LogP contribution in [0.1, 0.15) is 26.7 Å². The topological polar surface area (TPSA) is 40.6 Å². The summed E-state index contributed by atoms with van der Waals surface area (Å²) in [6, 6.07) is 0.568. The predicted molar refractivity (Wildman–Crippen MR) is 62.4 cm³/mol. The van der Waals surface area contributed by atoms with E-state index in [1.807, 2.05) is 0 Å². The molecule has 1 rings (SSSR count). The molecule has 1 aliphatic heterocycles. The van der Waals surface area contributed by atoms with Gasteiger partial charge in [0.1, 0.15) is 0 Å². The first-order valence-corrected chi connectivity index (χ1v) is 7.53. The molecule has 0 bridgehead atoms. The summed E-state index contributed by atoms with van der Waals surface area (Å²) < 4.78 is 24.2. The van der Waals surface area contributed by atoms with Gasteiger partial charge >= 0.3 is 0 Å². The summed E-state index contributed by atoms with van der Waals surface area (Å²) >= 11 is 0. The van der Waals surface area contributed by atoms with Crippen LogP contribution in [0.3, 0.4) is 0 Å². The number of hydrogen-bond acceptors (Lipinski definition) is 3. The monoisotopic (exact) mass is 234 g/mol. The molecule has 5 heteroatoms. The summed E-state index contributed by atoms with van der Waals surface area (Å²) in [5.41, 5.74) is 0. The van der Waals surface area contributed by atoms with Crippen molar-refractivity contribution in [3.8, 4) is 0 Å². The second kappa shape index (κ2) is 5.27. The molecule has 0 atom stereocenters. The van der Waals surface area contributed by atoms with E-state index >= 15 is 0 Å². The molecular weight excluding hydrogens is 212 g/mol. The summed E-state index contributed by atoms with van der Waals surface area (Å²) in [6.07, 6.45) is 3.23. The highest BCUT2D eigenvalue weighted by molar-refractivity contribution is 7.88. The maximum absolute atomic E-state index is 11.3. The average Bonchev–Trinajstić information content (AvgIpc) is 2.19. The molecule has 15 heavy (non-hydrogen) atoms. The Hall–Kier alpha value is -0.130. The molecule has 1 fully saturated rings. The van der Waals surface area contributed by atoms with Crippen LogP contribution in [0.5, 0.6) is 0 Å². The molecule has 0 radical (unpaired) electrons. The van der Waals surface area contributed by atoms with Gasteiger partial charge in [-0.2, -0.15) is 0 Å². The van der Waals surface area contributed by atoms with Crippen molar-refractivity contribution >= 4 is 10.0 Å². The third kappa shape index (κ3) is 3.43. The minimum atomic E-state index is -2.97. The van der Waals surface area contributed by atoms with E-state index in [1.54, 1.807) is 4.31 Å². The highest BCUT2D eigenvalue weighted by atomic mass is 32.2. The number of nitrogens with zero attached hydrogens (tertiary/aromatic N) is 2. The molecule has 1 aliphatic rings. The molecule has 0 unspecified atom stereocenters. The van der Waals surface area contributed by atoms with Gasteiger partial charge < -0.3 is 4.90 Å². The van der Waals surface area contributed by atoms with E-state index < -0.39 is 10.0 Å². The molecule has 1 heterocycles. The van der Waals surface area contributed by atoms with Crippen LogP contribution in [0.25, 0.3) is 0 Å². The molecule has 1 saturated heterocycles. The largest absolute Gasteiger partial charge is 0.301 e. The van der Waals surface area contributed by atoms with Crippen LogP contribution in [0.2, 0.25) is 0 Å². The molecule has 90 valence electrons. The van der Waals surface area contributed by atoms with Crippen LogP contribution in [0.4, 0.5) is 0 Å². The summed E-state index contributed by atoms with van der Waals surface area (Å²) in [6.45, 7) is 7.79. The minimum Gasteiger partial charge on any atom is -0.301 e. The normalized spacial score (nSPS) is 21.1. The second-order valence-corrected chi connectivity index (χ2v) is 6.10. The van der Waals surface area contributed by atoms with Gasteiger partial charge in [-0.3, -0.25) is 0 Å². The van der Waals surface area contributed by atoms with E-state index in [0.717, 1.165) is 25.9 Å². The summed E-state index contributed by atoms with van der Waals surface area (Å²) in [4.78, 5) is 2.42. The Kier molecular flexibility index (Phi) is 4.55. The van der Waals surface area contributed by atoms with Crippen molar-refractivity contribution in [2.75, 3.05) is 32.4 Å². The Morgan fingerprint density at radius 3 is 2.00 bits per heavy atom. The second-order valence-electron chi connectivity index (χ2n) is 4.11. The van der Waals surface area contributed by atoms with Gasteiger partial charge in [0.15, 0.2) is 0 Å². The van der Waals surface area contributed by atoms with Crippen LogP contribution in [-0.4, -0.2) is 56.1 Å². The number of hydrogen-bond donors (Lipinski definition) is 0. The average molecular weight is 234 g/mol. The van der Waals surface area contributed by atoms with Gasteiger partial charge in [0, 0.05) is 19.1 Å². The number of sulfonamides is 1. The van der Waals surface area contributed by atoms with Crippen molar-refractivity contribution in [2.24, 2.45) is 0 Å². The minimum absolute atomic E-state index is 0.568. The van der Waals surface area contributed by atoms with Crippen molar-refractivity contribution in [1.29, 1.82) is 0 Å². The molecule has 0 aromatic heterocycles. The lowest BCUT2D eigenvalue weighted by molar-refractivity contribution is 0.152. The summed E-state index contributed by atoms with van der Waals surface area (Å²) in [5.74, 6) is 0. The Morgan fingerprint density at radius 1 is 1.20 bits per heavy atom. The summed E-state index contributed by atoms with van der Waals surface area (Å²) in [7, 11) is -2.97. The molecule has 0 saturated carbocycles. The fourth-order valence-corrected chi connectivity index (χ4v) is 3.15. The standard InChI is InChI=1S/C10H22N2O2S/c1-4-11(5-2)10-6-8-12(9-7-10)15(3,13)14/h10H,4-9H2,1-3H3. The molecule has 0 amide bonds. The van der Waals surface area contributed by atoms with Crippen LogP contribution in [0, 0.1) is 0 Å². The predicted octanol–water partition coefficient (Wildman–Crippen LogP) is 0.752. The Bertz CT molecular complexity index is 278. The Labute approximate surface area is 93.3 Å². The molecule has 0 aromatic carbocycles. The summed E-state index contributed by atoms with van der Waals surface area (Å²) in [5, 5.41) is 0. The third-order valence-electron chi connectivity index (χ3n) is 3.22. The van der Waals surface area contributed by atoms with Gasteiger partial charge in [0.05, 0.1) is 6.26 Å². The zero-order valence-electron chi connectivity index (χ0n) is 9.94. The molecule has 0 aliphatic carbocycles. The van der Waals surface area contributed by atoms with Crippen molar-refractivity contribution in [2.45, 2.75) is 32.7 Å². The molecular formula is C10H22N2O2S. The van der Waals surface area contributed by atoms with Crippen molar-refractivity contribution < 1.29 is 8.42 Å². The first-order chi connectivity index (χ1) is 6.99. The van der Waals surface area contributed by atoms with Crippen LogP contribution < -0.4 is 0 Å². The van der Waals surface area contributed by atoms with E-state index in [2.05, 4.69) is 18.7 Å². The van der Waals surface area contributed by atoms with Gasteiger partial charge in [0.25, 0.3) is 0 Å². The maximum Gasteiger partial charge on any atom is 0.211 e. The van der Waals surface area contributed by atoms with E-state index in [4.69, 9.17) is 0 Å². The Balaban J connectivity index is 2.49. The zero-order chi connectivity index (χ0) is 11.5. The van der Waals surface area contributed by atoms with Crippen LogP contribution >= 0.6 is 0 Å². The quantitative estimate of drug-likeness (QED) is 0.721. The lowest BCUT2D eigenvalue weighted by atomic mass is 10.1. The highest BCUT2D eigenvalue weighted by Crippen LogP contribution is 2.17. The molecule has 4 nitrogen and oxygen atoms in total. The smallest absolute Gasteiger partial charge is 0.211 e. The zero-order valence-corrected chi connectivity index (χ0v) is 10.8. The first-order valence-electron chi connectivity index (χ1n) is 5.68. The number of rotatable bonds is 4. The van der Waals surface area contributed by atoms with Crippen LogP contribution in [-0.2, 0) is 10.0 Å². The van der Waals surface area contributed by atoms with Gasteiger partial charge in [-0.05, 0) is 25.9 Å². The number of piperidine rings is 1. The van der Waals surface area contributed by atoms with E-state index in [9.17, 15) is 8.42 Å². The Morgan fingerprint density at radius 2 is 1.67 bits per heavy atom. The lowest BCUT2D eigenvalue weighted by Crippen LogP contribution is -2.46. The van der Waals surface area contributed by atoms with E-state index in [0.29, 0.717) is 19.1 Å². The van der Waals surface area contributed by atoms with Gasteiger partial charge in [-0.25, -0.2) is 12.7 Å². The molecule has 0 spiro atoms. The maximum atomic E-state index is 11.3. The van der Waals surface area contributed by atoms with Gasteiger partial charge in [0.2, 0.25) is 10.0 Å². The van der Waals surface area contributed by atoms with Gasteiger partial charge in [-0.1, -0.05) is 13.8 Å². The van der Waals surface area contributed by atoms with E-state index in [1.165, 1.54) is 6.26 Å². The molecule has 0 N–H and O–H groups in total. The van der Waals surface area contributed by atoms with Gasteiger partial charge in [-0.15, -0.1) is 0 Å². The first kappa shape index (κ1) is 12.9. The lowest BCUT2D eigenvalue weighted by Gasteiger charge is -2.36. The fourth-order valence-electron chi connectivity index (χ4n) is 2.28. The van der Waals surface area contributed by atoms with Crippen molar-refractivity contribution in [3.63, 3.8) is 0 Å². The van der Waals surface area contributed by atoms with E-state index in [-0.39, 0.29) is 0 Å². The highest BCUT2D eigenvalue weighted by Gasteiger charge is 2.26. The van der Waals surface area contributed by atoms with Crippen molar-refractivity contribution in [3.05, 3.63) is 0 Å². The fraction of sp³-hybridized carbons (Fsp3) is 1.00. The molecule has 0 aromatic rings. The van der Waals surface area contributed by atoms with Crippen LogP contribution in [0.15, 0.2) is 0 Å². The van der Waals surface area contributed by atoms with Crippen molar-refractivity contribution in [1.82, 2.24) is 9.21 Å². The SMILES string of the molecule is CCN(CC)C1CCN(S(C)(=O)=O)CC1.